The van der Waals surface area contributed by atoms with Gasteiger partial charge in [-0.05, 0) is 51.1 Å². The lowest BCUT2D eigenvalue weighted by Crippen LogP contribution is -2.48. The number of anilines is 1. The summed E-state index contributed by atoms with van der Waals surface area (Å²) in [5, 5.41) is 7.25. The first-order valence-corrected chi connectivity index (χ1v) is 10.9. The van der Waals surface area contributed by atoms with Gasteiger partial charge >= 0.3 is 0 Å². The van der Waals surface area contributed by atoms with Gasteiger partial charge in [0.15, 0.2) is 0 Å². The van der Waals surface area contributed by atoms with Gasteiger partial charge in [-0.2, -0.15) is 5.10 Å². The molecule has 5 rings (SSSR count). The van der Waals surface area contributed by atoms with Crippen molar-refractivity contribution in [3.8, 4) is 22.6 Å². The molecule has 1 aliphatic heterocycles. The maximum Gasteiger partial charge on any atom is 0.144 e. The number of pyridine rings is 3. The predicted octanol–water partition coefficient (Wildman–Crippen LogP) is 4.06. The Morgan fingerprint density at radius 2 is 1.75 bits per heavy atom. The van der Waals surface area contributed by atoms with E-state index in [0.717, 1.165) is 54.2 Å². The zero-order valence-electron chi connectivity index (χ0n) is 18.5. The molecule has 1 fully saturated rings. The van der Waals surface area contributed by atoms with Crippen molar-refractivity contribution in [2.24, 2.45) is 0 Å². The van der Waals surface area contributed by atoms with Crippen LogP contribution in [0.4, 0.5) is 10.1 Å². The third kappa shape index (κ3) is 3.82. The van der Waals surface area contributed by atoms with Gasteiger partial charge in [-0.25, -0.2) is 14.4 Å². The molecule has 7 nitrogen and oxygen atoms in total. The minimum Gasteiger partial charge on any atom is -0.368 e. The summed E-state index contributed by atoms with van der Waals surface area (Å²) < 4.78 is 13.7. The quantitative estimate of drug-likeness (QED) is 0.525. The van der Waals surface area contributed by atoms with Crippen molar-refractivity contribution in [2.75, 3.05) is 31.1 Å². The molecule has 0 bridgehead atoms. The molecule has 0 aliphatic carbocycles. The van der Waals surface area contributed by atoms with E-state index >= 15 is 0 Å². The highest BCUT2D eigenvalue weighted by Gasteiger charge is 2.20. The summed E-state index contributed by atoms with van der Waals surface area (Å²) in [4.78, 5) is 18.7. The molecule has 8 heteroatoms. The normalized spacial score (nSPS) is 15.1. The number of nitrogens with one attached hydrogen (secondary N) is 1. The van der Waals surface area contributed by atoms with E-state index in [2.05, 4.69) is 49.9 Å². The number of hydrogen-bond donors (Lipinski definition) is 1. The minimum absolute atomic E-state index is 0.331. The van der Waals surface area contributed by atoms with E-state index in [4.69, 9.17) is 4.98 Å². The lowest BCUT2D eigenvalue weighted by Gasteiger charge is -2.38. The van der Waals surface area contributed by atoms with Crippen LogP contribution in [0.5, 0.6) is 0 Å². The van der Waals surface area contributed by atoms with Gasteiger partial charge in [0.2, 0.25) is 0 Å². The van der Waals surface area contributed by atoms with Crippen molar-refractivity contribution in [2.45, 2.75) is 26.8 Å². The van der Waals surface area contributed by atoms with Crippen molar-refractivity contribution in [3.05, 3.63) is 54.2 Å². The molecule has 1 N–H and O–H groups in total. The number of aromatic amines is 1. The van der Waals surface area contributed by atoms with E-state index in [-0.39, 0.29) is 5.82 Å². The Labute approximate surface area is 186 Å². The minimum atomic E-state index is -0.331. The van der Waals surface area contributed by atoms with Crippen molar-refractivity contribution in [1.82, 2.24) is 30.0 Å². The van der Waals surface area contributed by atoms with Crippen LogP contribution >= 0.6 is 0 Å². The van der Waals surface area contributed by atoms with Gasteiger partial charge in [0, 0.05) is 44.0 Å². The van der Waals surface area contributed by atoms with E-state index in [9.17, 15) is 4.39 Å². The van der Waals surface area contributed by atoms with Gasteiger partial charge in [-0.1, -0.05) is 0 Å². The Bertz CT molecular complexity index is 1260. The molecule has 4 aromatic heterocycles. The number of aryl methyl sites for hydroxylation is 1. The lowest BCUT2D eigenvalue weighted by molar-refractivity contribution is 0.209. The summed E-state index contributed by atoms with van der Waals surface area (Å²) in [6.45, 7) is 10.2. The molecule has 0 aromatic carbocycles. The van der Waals surface area contributed by atoms with E-state index in [1.54, 1.807) is 19.2 Å². The van der Waals surface area contributed by atoms with Crippen LogP contribution in [-0.2, 0) is 0 Å². The molecule has 164 valence electrons. The number of halogens is 1. The first-order chi connectivity index (χ1) is 15.5. The van der Waals surface area contributed by atoms with Crippen LogP contribution < -0.4 is 4.90 Å². The van der Waals surface area contributed by atoms with E-state index in [1.807, 2.05) is 18.3 Å². The Kier molecular flexibility index (Phi) is 5.30. The Morgan fingerprint density at radius 1 is 0.969 bits per heavy atom. The Hall–Kier alpha value is -3.39. The van der Waals surface area contributed by atoms with Crippen LogP contribution in [0, 0.1) is 12.7 Å². The summed E-state index contributed by atoms with van der Waals surface area (Å²) in [5.74, 6) is -0.331. The Morgan fingerprint density at radius 3 is 2.50 bits per heavy atom. The topological polar surface area (TPSA) is 73.8 Å². The fourth-order valence-electron chi connectivity index (χ4n) is 4.17. The zero-order chi connectivity index (χ0) is 22.2. The number of fused-ring (bicyclic) bond motifs is 1. The van der Waals surface area contributed by atoms with Crippen molar-refractivity contribution in [3.63, 3.8) is 0 Å². The number of H-pyrrole nitrogens is 1. The molecule has 0 unspecified atom stereocenters. The summed E-state index contributed by atoms with van der Waals surface area (Å²) in [5.41, 5.74) is 5.96. The number of nitrogens with zero attached hydrogens (tertiary/aromatic N) is 6. The number of piperazine rings is 1. The maximum atomic E-state index is 13.7. The van der Waals surface area contributed by atoms with Crippen LogP contribution in [0.25, 0.3) is 33.7 Å². The van der Waals surface area contributed by atoms with Gasteiger partial charge < -0.3 is 4.90 Å². The second-order valence-electron chi connectivity index (χ2n) is 8.46. The third-order valence-electron chi connectivity index (χ3n) is 6.11. The molecule has 1 saturated heterocycles. The molecular weight excluding hydrogens is 405 g/mol. The molecule has 0 radical (unpaired) electrons. The largest absolute Gasteiger partial charge is 0.368 e. The van der Waals surface area contributed by atoms with E-state index < -0.39 is 0 Å². The van der Waals surface area contributed by atoms with Crippen LogP contribution in [0.2, 0.25) is 0 Å². The van der Waals surface area contributed by atoms with Gasteiger partial charge in [0.25, 0.3) is 0 Å². The molecule has 5 heterocycles. The summed E-state index contributed by atoms with van der Waals surface area (Å²) in [6, 6.07) is 9.63. The third-order valence-corrected chi connectivity index (χ3v) is 6.11. The molecule has 1 aliphatic rings. The fourth-order valence-corrected chi connectivity index (χ4v) is 4.17. The molecule has 0 amide bonds. The monoisotopic (exact) mass is 431 g/mol. The molecular formula is C24H26FN7. The summed E-state index contributed by atoms with van der Waals surface area (Å²) in [7, 11) is 0. The standard InChI is InChI=1S/C24H26FN7/c1-15(2)31-8-10-32(11-9-31)17-12-23-21(26-13-17)7-6-20(29-23)18-14-27-30-24(18)22-5-4-19(25)16(3)28-22/h4-7,12-15H,8-11H2,1-3H3,(H,27,30). The van der Waals surface area contributed by atoms with Crippen molar-refractivity contribution in [1.29, 1.82) is 0 Å². The van der Waals surface area contributed by atoms with E-state index in [1.165, 1.54) is 6.07 Å². The Balaban J connectivity index is 1.47. The maximum absolute atomic E-state index is 13.7. The van der Waals surface area contributed by atoms with Gasteiger partial charge in [-0.15, -0.1) is 0 Å². The first kappa shape index (κ1) is 20.5. The average Bonchev–Trinajstić information content (AvgIpc) is 3.30. The molecule has 0 atom stereocenters. The molecule has 4 aromatic rings. The number of rotatable bonds is 4. The van der Waals surface area contributed by atoms with Crippen LogP contribution in [0.15, 0.2) is 42.7 Å². The summed E-state index contributed by atoms with van der Waals surface area (Å²) in [6.07, 6.45) is 3.73. The first-order valence-electron chi connectivity index (χ1n) is 10.9. The van der Waals surface area contributed by atoms with E-state index in [0.29, 0.717) is 23.1 Å². The molecule has 0 spiro atoms. The fraction of sp³-hybridized carbons (Fsp3) is 0.333. The lowest BCUT2D eigenvalue weighted by atomic mass is 10.1. The smallest absolute Gasteiger partial charge is 0.144 e. The molecule has 32 heavy (non-hydrogen) atoms. The van der Waals surface area contributed by atoms with Gasteiger partial charge in [0.1, 0.15) is 11.5 Å². The molecule has 0 saturated carbocycles. The van der Waals surface area contributed by atoms with Crippen molar-refractivity contribution < 1.29 is 4.39 Å². The SMILES string of the molecule is Cc1nc(-c2n[nH]cc2-c2ccc3ncc(N4CCN(C(C)C)CC4)cc3n2)ccc1F. The van der Waals surface area contributed by atoms with Gasteiger partial charge in [0.05, 0.1) is 40.0 Å². The summed E-state index contributed by atoms with van der Waals surface area (Å²) >= 11 is 0. The van der Waals surface area contributed by atoms with Crippen LogP contribution in [-0.4, -0.2) is 62.3 Å². The second-order valence-corrected chi connectivity index (χ2v) is 8.46. The predicted molar refractivity (Wildman–Crippen MR) is 124 cm³/mol. The average molecular weight is 432 g/mol. The highest BCUT2D eigenvalue weighted by Crippen LogP contribution is 2.30. The number of aromatic nitrogens is 5. The highest BCUT2D eigenvalue weighted by atomic mass is 19.1. The second kappa shape index (κ2) is 8.27. The number of hydrogen-bond acceptors (Lipinski definition) is 6. The highest BCUT2D eigenvalue weighted by molar-refractivity contribution is 5.84. The van der Waals surface area contributed by atoms with Gasteiger partial charge in [-0.3, -0.25) is 15.0 Å². The van der Waals surface area contributed by atoms with Crippen LogP contribution in [0.1, 0.15) is 19.5 Å². The van der Waals surface area contributed by atoms with Crippen molar-refractivity contribution >= 4 is 16.7 Å². The van der Waals surface area contributed by atoms with Crippen LogP contribution in [0.3, 0.4) is 0 Å². The zero-order valence-corrected chi connectivity index (χ0v) is 18.5.